The Kier molecular flexibility index (Phi) is 10.8. The number of carbonyl (C=O) groups is 3. The van der Waals surface area contributed by atoms with E-state index >= 15 is 0 Å². The minimum absolute atomic E-state index is 0.0416. The summed E-state index contributed by atoms with van der Waals surface area (Å²) in [5, 5.41) is 21.5. The number of aryl methyl sites for hydroxylation is 1. The fourth-order valence-corrected chi connectivity index (χ4v) is 6.48. The zero-order chi connectivity index (χ0) is 40.2. The SMILES string of the molecule is Cc1ccc(NC(=O)[C@H](Cc2c[nH]c3ccccc23)NC(=O)c2ccc([N+](=O)[O-])c(OCC(C)C)c2)cc1N1Cc2cnc(Nc3cccnc3)nc2N(C)C1=O. The summed E-state index contributed by atoms with van der Waals surface area (Å²) in [6.07, 6.45) is 6.88. The molecule has 4 heterocycles. The Morgan fingerprint density at radius 3 is 2.63 bits per heavy atom. The minimum Gasteiger partial charge on any atom is -0.487 e. The molecule has 7 rings (SSSR count). The normalized spacial score (nSPS) is 13.0. The fraction of sp³-hybridized carbons (Fsp3) is 0.220. The molecule has 1 atom stereocenters. The van der Waals surface area contributed by atoms with Crippen molar-refractivity contribution in [3.05, 3.63) is 130 Å². The zero-order valence-corrected chi connectivity index (χ0v) is 31.6. The van der Waals surface area contributed by atoms with E-state index in [2.05, 4.69) is 35.9 Å². The molecule has 0 aliphatic carbocycles. The van der Waals surface area contributed by atoms with Gasteiger partial charge in [-0.25, -0.2) is 9.78 Å². The highest BCUT2D eigenvalue weighted by atomic mass is 16.6. The van der Waals surface area contributed by atoms with Crippen molar-refractivity contribution < 1.29 is 24.0 Å². The molecule has 0 radical (unpaired) electrons. The van der Waals surface area contributed by atoms with E-state index in [9.17, 15) is 24.5 Å². The highest BCUT2D eigenvalue weighted by molar-refractivity contribution is 6.06. The summed E-state index contributed by atoms with van der Waals surface area (Å²) in [5.74, 6) is -0.316. The zero-order valence-electron chi connectivity index (χ0n) is 31.6. The van der Waals surface area contributed by atoms with Crippen molar-refractivity contribution in [2.75, 3.05) is 34.1 Å². The second-order valence-electron chi connectivity index (χ2n) is 14.1. The van der Waals surface area contributed by atoms with E-state index in [1.54, 1.807) is 61.0 Å². The van der Waals surface area contributed by atoms with Crippen LogP contribution in [0.4, 0.5) is 39.3 Å². The number of nitro groups is 1. The third-order valence-electron chi connectivity index (χ3n) is 9.40. The van der Waals surface area contributed by atoms with Gasteiger partial charge < -0.3 is 25.7 Å². The number of benzene rings is 3. The Morgan fingerprint density at radius 2 is 1.86 bits per heavy atom. The molecule has 0 fully saturated rings. The summed E-state index contributed by atoms with van der Waals surface area (Å²) >= 11 is 0. The Bertz CT molecular complexity index is 2490. The molecule has 3 aromatic heterocycles. The van der Waals surface area contributed by atoms with Gasteiger partial charge in [0.05, 0.1) is 35.6 Å². The molecule has 1 aliphatic rings. The first kappa shape index (κ1) is 37.9. The maximum absolute atomic E-state index is 14.2. The first-order valence-corrected chi connectivity index (χ1v) is 18.2. The molecule has 0 unspecified atom stereocenters. The number of ether oxygens (including phenoxy) is 1. The topological polar surface area (TPSA) is 201 Å². The van der Waals surface area contributed by atoms with E-state index < -0.39 is 22.8 Å². The maximum atomic E-state index is 14.2. The van der Waals surface area contributed by atoms with Crippen LogP contribution in [0.2, 0.25) is 0 Å². The second-order valence-corrected chi connectivity index (χ2v) is 14.1. The van der Waals surface area contributed by atoms with Gasteiger partial charge in [0.2, 0.25) is 11.9 Å². The summed E-state index contributed by atoms with van der Waals surface area (Å²) in [4.78, 5) is 72.3. The number of rotatable bonds is 13. The van der Waals surface area contributed by atoms with E-state index in [4.69, 9.17) is 4.74 Å². The number of carbonyl (C=O) groups excluding carboxylic acids is 3. The van der Waals surface area contributed by atoms with Crippen LogP contribution in [0.15, 0.2) is 97.6 Å². The maximum Gasteiger partial charge on any atom is 0.330 e. The third-order valence-corrected chi connectivity index (χ3v) is 9.40. The molecule has 0 saturated heterocycles. The summed E-state index contributed by atoms with van der Waals surface area (Å²) in [7, 11) is 1.64. The molecule has 16 nitrogen and oxygen atoms in total. The molecule has 4 N–H and O–H groups in total. The van der Waals surface area contributed by atoms with Crippen LogP contribution in [0, 0.1) is 23.0 Å². The van der Waals surface area contributed by atoms with Crippen LogP contribution in [0.1, 0.15) is 40.9 Å². The average molecular weight is 769 g/mol. The van der Waals surface area contributed by atoms with Gasteiger partial charge in [0.25, 0.3) is 5.91 Å². The van der Waals surface area contributed by atoms with Gasteiger partial charge in [-0.2, -0.15) is 4.98 Å². The molecular weight excluding hydrogens is 729 g/mol. The van der Waals surface area contributed by atoms with Gasteiger partial charge in [0.15, 0.2) is 5.75 Å². The first-order valence-electron chi connectivity index (χ1n) is 18.2. The Morgan fingerprint density at radius 1 is 1.04 bits per heavy atom. The number of nitrogens with one attached hydrogen (secondary N) is 4. The molecule has 57 heavy (non-hydrogen) atoms. The van der Waals surface area contributed by atoms with Crippen molar-refractivity contribution >= 4 is 63.3 Å². The van der Waals surface area contributed by atoms with Gasteiger partial charge in [-0.1, -0.05) is 38.1 Å². The predicted octanol–water partition coefficient (Wildman–Crippen LogP) is 6.90. The van der Waals surface area contributed by atoms with Gasteiger partial charge in [-0.3, -0.25) is 34.5 Å². The van der Waals surface area contributed by atoms with Gasteiger partial charge in [0.1, 0.15) is 11.9 Å². The number of aromatic nitrogens is 4. The number of amides is 4. The Labute approximate surface area is 327 Å². The van der Waals surface area contributed by atoms with E-state index in [0.717, 1.165) is 22.0 Å². The number of pyridine rings is 1. The molecule has 290 valence electrons. The number of anilines is 5. The standard InChI is InChI=1S/C41H40N10O6/c1-24(2)23-57-36-17-26(12-14-34(36)51(55)56)38(52)47-33(16-27-19-43-32-10-6-5-9-31(27)32)39(53)45-29-13-11-25(3)35(18-29)50-22-28-20-44-40(46-30-8-7-15-42-21-30)48-37(28)49(4)41(50)54/h5-15,17-21,24,33,43H,16,22-23H2,1-4H3,(H,45,53)(H,47,52)(H,44,46,48)/t33-/m0/s1. The molecule has 0 saturated carbocycles. The predicted molar refractivity (Wildman–Crippen MR) is 216 cm³/mol. The molecule has 6 aromatic rings. The smallest absolute Gasteiger partial charge is 0.330 e. The fourth-order valence-electron chi connectivity index (χ4n) is 6.48. The second kappa shape index (κ2) is 16.2. The number of nitro benzene ring substituents is 1. The van der Waals surface area contributed by atoms with Crippen LogP contribution >= 0.6 is 0 Å². The largest absolute Gasteiger partial charge is 0.487 e. The summed E-state index contributed by atoms with van der Waals surface area (Å²) < 4.78 is 5.70. The molecule has 0 spiro atoms. The minimum atomic E-state index is -1.09. The quantitative estimate of drug-likeness (QED) is 0.0707. The number of aromatic amines is 1. The van der Waals surface area contributed by atoms with E-state index in [-0.39, 0.29) is 48.5 Å². The molecular formula is C41H40N10O6. The number of hydrogen-bond donors (Lipinski definition) is 4. The number of H-pyrrole nitrogens is 1. The van der Waals surface area contributed by atoms with Crippen molar-refractivity contribution in [1.82, 2.24) is 25.3 Å². The van der Waals surface area contributed by atoms with Crippen molar-refractivity contribution in [1.29, 1.82) is 0 Å². The number of para-hydroxylation sites is 1. The molecule has 3 aromatic carbocycles. The monoisotopic (exact) mass is 768 g/mol. The number of hydrogen-bond acceptors (Lipinski definition) is 10. The van der Waals surface area contributed by atoms with Crippen LogP contribution in [0.25, 0.3) is 10.9 Å². The Balaban J connectivity index is 1.14. The Hall–Kier alpha value is -7.36. The summed E-state index contributed by atoms with van der Waals surface area (Å²) in [6, 6.07) is 18.9. The van der Waals surface area contributed by atoms with E-state index in [1.807, 2.05) is 51.1 Å². The lowest BCUT2D eigenvalue weighted by atomic mass is 10.0. The van der Waals surface area contributed by atoms with Gasteiger partial charge in [0, 0.05) is 71.9 Å². The highest BCUT2D eigenvalue weighted by Gasteiger charge is 2.32. The lowest BCUT2D eigenvalue weighted by Gasteiger charge is -2.35. The van der Waals surface area contributed by atoms with E-state index in [0.29, 0.717) is 34.4 Å². The lowest BCUT2D eigenvalue weighted by molar-refractivity contribution is -0.385. The van der Waals surface area contributed by atoms with Gasteiger partial charge in [-0.15, -0.1) is 0 Å². The number of urea groups is 1. The lowest BCUT2D eigenvalue weighted by Crippen LogP contribution is -2.46. The highest BCUT2D eigenvalue weighted by Crippen LogP contribution is 2.34. The van der Waals surface area contributed by atoms with Crippen molar-refractivity contribution in [2.45, 2.75) is 39.8 Å². The molecule has 1 aliphatic heterocycles. The van der Waals surface area contributed by atoms with Crippen LogP contribution in [0.5, 0.6) is 5.75 Å². The van der Waals surface area contributed by atoms with Crippen LogP contribution < -0.4 is 30.5 Å². The van der Waals surface area contributed by atoms with Crippen molar-refractivity contribution in [2.24, 2.45) is 5.92 Å². The average Bonchev–Trinajstić information content (AvgIpc) is 3.61. The van der Waals surface area contributed by atoms with Crippen molar-refractivity contribution in [3.63, 3.8) is 0 Å². The molecule has 16 heteroatoms. The molecule has 0 bridgehead atoms. The van der Waals surface area contributed by atoms with Crippen LogP contribution in [0.3, 0.4) is 0 Å². The molecule has 4 amide bonds. The summed E-state index contributed by atoms with van der Waals surface area (Å²) in [6.45, 7) is 6.07. The van der Waals surface area contributed by atoms with Crippen LogP contribution in [-0.4, -0.2) is 62.4 Å². The van der Waals surface area contributed by atoms with Gasteiger partial charge >= 0.3 is 11.7 Å². The number of fused-ring (bicyclic) bond motifs is 2. The van der Waals surface area contributed by atoms with Crippen LogP contribution in [-0.2, 0) is 17.8 Å². The summed E-state index contributed by atoms with van der Waals surface area (Å²) in [5.41, 5.74) is 4.64. The third kappa shape index (κ3) is 8.34. The number of nitrogens with zero attached hydrogens (tertiary/aromatic N) is 6. The van der Waals surface area contributed by atoms with E-state index in [1.165, 1.54) is 23.1 Å². The first-order chi connectivity index (χ1) is 27.4. The van der Waals surface area contributed by atoms with Gasteiger partial charge in [-0.05, 0) is 60.4 Å². The van der Waals surface area contributed by atoms with Crippen molar-refractivity contribution in [3.8, 4) is 5.75 Å².